The minimum atomic E-state index is -0.478. The van der Waals surface area contributed by atoms with Crippen molar-refractivity contribution in [2.75, 3.05) is 39.8 Å². The van der Waals surface area contributed by atoms with Crippen molar-refractivity contribution in [1.82, 2.24) is 15.1 Å². The van der Waals surface area contributed by atoms with Gasteiger partial charge in [0.25, 0.3) is 0 Å². The number of carbonyl (C=O) groups excluding carboxylic acids is 1. The molecule has 1 atom stereocenters. The number of likely N-dealkylation sites (N-methyl/N-ethyl adjacent to an activating group) is 1. The highest BCUT2D eigenvalue weighted by Crippen LogP contribution is 2.19. The molecule has 0 aromatic rings. The fourth-order valence-corrected chi connectivity index (χ4v) is 2.59. The predicted molar refractivity (Wildman–Crippen MR) is 77.2 cm³/mol. The summed E-state index contributed by atoms with van der Waals surface area (Å²) in [6, 6.07) is -0.0908. The van der Waals surface area contributed by atoms with Crippen LogP contribution in [0.1, 0.15) is 33.1 Å². The first-order valence-corrected chi connectivity index (χ1v) is 7.42. The Kier molecular flexibility index (Phi) is 7.16. The van der Waals surface area contributed by atoms with Crippen LogP contribution in [-0.4, -0.2) is 66.8 Å². The van der Waals surface area contributed by atoms with Gasteiger partial charge in [-0.1, -0.05) is 6.92 Å². The largest absolute Gasteiger partial charge is 0.392 e. The lowest BCUT2D eigenvalue weighted by Crippen LogP contribution is -2.41. The molecule has 5 nitrogen and oxygen atoms in total. The van der Waals surface area contributed by atoms with Crippen LogP contribution >= 0.6 is 0 Å². The highest BCUT2D eigenvalue weighted by molar-refractivity contribution is 5.73. The number of aliphatic hydroxyl groups is 1. The maximum atomic E-state index is 11.7. The molecular formula is C14H29N3O2. The summed E-state index contributed by atoms with van der Waals surface area (Å²) >= 11 is 0. The lowest BCUT2D eigenvalue weighted by Gasteiger charge is -2.31. The zero-order valence-corrected chi connectivity index (χ0v) is 12.6. The summed E-state index contributed by atoms with van der Waals surface area (Å²) in [5.74, 6) is 0.741. The molecule has 1 heterocycles. The van der Waals surface area contributed by atoms with Crippen molar-refractivity contribution in [3.63, 3.8) is 0 Å². The van der Waals surface area contributed by atoms with Gasteiger partial charge in [0.2, 0.25) is 0 Å². The van der Waals surface area contributed by atoms with Gasteiger partial charge in [-0.05, 0) is 51.7 Å². The molecule has 2 N–H and O–H groups in total. The average molecular weight is 271 g/mol. The standard InChI is InChI=1S/C14H29N3O2/c1-4-17-9-6-13(7-10-17)5-8-15-14(19)16(3)11-12(2)18/h12-13,18H,4-11H2,1-3H3,(H,15,19). The van der Waals surface area contributed by atoms with Crippen molar-refractivity contribution in [2.45, 2.75) is 39.2 Å². The van der Waals surface area contributed by atoms with E-state index in [1.54, 1.807) is 14.0 Å². The van der Waals surface area contributed by atoms with E-state index >= 15 is 0 Å². The van der Waals surface area contributed by atoms with Gasteiger partial charge in [-0.3, -0.25) is 0 Å². The van der Waals surface area contributed by atoms with E-state index in [1.165, 1.54) is 30.8 Å². The number of hydrogen-bond acceptors (Lipinski definition) is 3. The van der Waals surface area contributed by atoms with Crippen molar-refractivity contribution >= 4 is 6.03 Å². The highest BCUT2D eigenvalue weighted by Gasteiger charge is 2.18. The lowest BCUT2D eigenvalue weighted by molar-refractivity contribution is 0.143. The maximum Gasteiger partial charge on any atom is 0.317 e. The minimum absolute atomic E-state index is 0.0908. The molecule has 112 valence electrons. The summed E-state index contributed by atoms with van der Waals surface area (Å²) < 4.78 is 0. The molecule has 1 unspecified atom stereocenters. The second-order valence-corrected chi connectivity index (χ2v) is 5.63. The summed E-state index contributed by atoms with van der Waals surface area (Å²) in [7, 11) is 1.71. The van der Waals surface area contributed by atoms with Crippen LogP contribution < -0.4 is 5.32 Å². The number of aliphatic hydroxyl groups excluding tert-OH is 1. The minimum Gasteiger partial charge on any atom is -0.392 e. The van der Waals surface area contributed by atoms with Crippen LogP contribution in [0.5, 0.6) is 0 Å². The number of piperidine rings is 1. The average Bonchev–Trinajstić information content (AvgIpc) is 2.38. The Morgan fingerprint density at radius 1 is 1.47 bits per heavy atom. The predicted octanol–water partition coefficient (Wildman–Crippen LogP) is 1.13. The van der Waals surface area contributed by atoms with Crippen molar-refractivity contribution in [3.8, 4) is 0 Å². The van der Waals surface area contributed by atoms with E-state index in [2.05, 4.69) is 17.1 Å². The first kappa shape index (κ1) is 16.2. The van der Waals surface area contributed by atoms with Gasteiger partial charge in [0, 0.05) is 20.1 Å². The topological polar surface area (TPSA) is 55.8 Å². The van der Waals surface area contributed by atoms with Gasteiger partial charge in [-0.15, -0.1) is 0 Å². The molecule has 0 aromatic heterocycles. The molecule has 0 aromatic carbocycles. The summed E-state index contributed by atoms with van der Waals surface area (Å²) in [4.78, 5) is 15.7. The van der Waals surface area contributed by atoms with Crippen LogP contribution in [0, 0.1) is 5.92 Å². The Balaban J connectivity index is 2.12. The molecule has 5 heteroatoms. The maximum absolute atomic E-state index is 11.7. The Hall–Kier alpha value is -0.810. The van der Waals surface area contributed by atoms with E-state index in [0.717, 1.165) is 25.4 Å². The van der Waals surface area contributed by atoms with E-state index in [1.807, 2.05) is 0 Å². The van der Waals surface area contributed by atoms with Crippen LogP contribution in [0.3, 0.4) is 0 Å². The van der Waals surface area contributed by atoms with Gasteiger partial charge < -0.3 is 20.2 Å². The van der Waals surface area contributed by atoms with E-state index in [0.29, 0.717) is 6.54 Å². The molecule has 0 radical (unpaired) electrons. The van der Waals surface area contributed by atoms with Crippen LogP contribution in [0.15, 0.2) is 0 Å². The van der Waals surface area contributed by atoms with E-state index in [4.69, 9.17) is 0 Å². The smallest absolute Gasteiger partial charge is 0.317 e. The number of amides is 2. The molecule has 19 heavy (non-hydrogen) atoms. The molecular weight excluding hydrogens is 242 g/mol. The van der Waals surface area contributed by atoms with Gasteiger partial charge in [-0.2, -0.15) is 0 Å². The molecule has 0 bridgehead atoms. The van der Waals surface area contributed by atoms with Gasteiger partial charge in [0.05, 0.1) is 6.10 Å². The third kappa shape index (κ3) is 6.25. The first-order chi connectivity index (χ1) is 9.02. The van der Waals surface area contributed by atoms with Gasteiger partial charge in [-0.25, -0.2) is 4.79 Å². The molecule has 1 fully saturated rings. The van der Waals surface area contributed by atoms with Gasteiger partial charge in [0.1, 0.15) is 0 Å². The number of rotatable bonds is 6. The van der Waals surface area contributed by atoms with E-state index in [-0.39, 0.29) is 6.03 Å². The Bertz CT molecular complexity index is 263. The van der Waals surface area contributed by atoms with Crippen LogP contribution in [0.25, 0.3) is 0 Å². The third-order valence-corrected chi connectivity index (χ3v) is 3.87. The van der Waals surface area contributed by atoms with Crippen LogP contribution in [0.4, 0.5) is 4.79 Å². The normalized spacial score (nSPS) is 19.2. The molecule has 1 aliphatic rings. The van der Waals surface area contributed by atoms with Gasteiger partial charge in [0.15, 0.2) is 0 Å². The second kappa shape index (κ2) is 8.38. The summed E-state index contributed by atoms with van der Waals surface area (Å²) in [6.07, 6.45) is 3.07. The number of nitrogens with one attached hydrogen (secondary N) is 1. The van der Waals surface area contributed by atoms with Crippen molar-refractivity contribution in [2.24, 2.45) is 5.92 Å². The molecule has 2 amide bonds. The first-order valence-electron chi connectivity index (χ1n) is 7.42. The third-order valence-electron chi connectivity index (χ3n) is 3.87. The molecule has 1 rings (SSSR count). The number of urea groups is 1. The SMILES string of the molecule is CCN1CCC(CCNC(=O)N(C)CC(C)O)CC1. The van der Waals surface area contributed by atoms with Crippen molar-refractivity contribution < 1.29 is 9.90 Å². The van der Waals surface area contributed by atoms with Crippen molar-refractivity contribution in [3.05, 3.63) is 0 Å². The molecule has 1 saturated heterocycles. The van der Waals surface area contributed by atoms with Crippen LogP contribution in [0.2, 0.25) is 0 Å². The van der Waals surface area contributed by atoms with Crippen LogP contribution in [-0.2, 0) is 0 Å². The molecule has 1 aliphatic heterocycles. The highest BCUT2D eigenvalue weighted by atomic mass is 16.3. The number of hydrogen-bond donors (Lipinski definition) is 2. The quantitative estimate of drug-likeness (QED) is 0.761. The summed E-state index contributed by atoms with van der Waals surface area (Å²) in [6.45, 7) is 8.53. The number of nitrogens with zero attached hydrogens (tertiary/aromatic N) is 2. The molecule has 0 saturated carbocycles. The Labute approximate surface area is 117 Å². The second-order valence-electron chi connectivity index (χ2n) is 5.63. The Morgan fingerprint density at radius 3 is 2.63 bits per heavy atom. The van der Waals surface area contributed by atoms with Gasteiger partial charge >= 0.3 is 6.03 Å². The number of carbonyl (C=O) groups is 1. The Morgan fingerprint density at radius 2 is 2.11 bits per heavy atom. The van der Waals surface area contributed by atoms with Crippen molar-refractivity contribution in [1.29, 1.82) is 0 Å². The zero-order chi connectivity index (χ0) is 14.3. The summed E-state index contributed by atoms with van der Waals surface area (Å²) in [5.41, 5.74) is 0. The van der Waals surface area contributed by atoms with E-state index in [9.17, 15) is 9.90 Å². The monoisotopic (exact) mass is 271 g/mol. The molecule has 0 aliphatic carbocycles. The number of likely N-dealkylation sites (tertiary alicyclic amines) is 1. The zero-order valence-electron chi connectivity index (χ0n) is 12.6. The lowest BCUT2D eigenvalue weighted by atomic mass is 9.93. The molecule has 0 spiro atoms. The summed E-state index contributed by atoms with van der Waals surface area (Å²) in [5, 5.41) is 12.1. The fraction of sp³-hybridized carbons (Fsp3) is 0.929. The van der Waals surface area contributed by atoms with E-state index < -0.39 is 6.10 Å². The fourth-order valence-electron chi connectivity index (χ4n) is 2.59.